The number of halogens is 7. The molecule has 4 heterocycles. The Kier molecular flexibility index (Phi) is 7.55. The minimum Gasteiger partial charge on any atom is -0.432 e. The number of alkyl halides is 6. The van der Waals surface area contributed by atoms with Crippen LogP contribution in [0.4, 0.5) is 36.7 Å². The Morgan fingerprint density at radius 2 is 1.53 bits per heavy atom. The van der Waals surface area contributed by atoms with Gasteiger partial charge in [0, 0.05) is 37.1 Å². The maximum atomic E-state index is 13.5. The number of hydrogen-bond donors (Lipinski definition) is 1. The van der Waals surface area contributed by atoms with Gasteiger partial charge < -0.3 is 9.73 Å². The summed E-state index contributed by atoms with van der Waals surface area (Å²) in [4.78, 5) is 12.2. The van der Waals surface area contributed by atoms with Crippen LogP contribution >= 0.6 is 0 Å². The van der Waals surface area contributed by atoms with Crippen LogP contribution in [0.2, 0.25) is 0 Å². The van der Waals surface area contributed by atoms with Gasteiger partial charge in [0.25, 0.3) is 0 Å². The van der Waals surface area contributed by atoms with Gasteiger partial charge in [-0.15, -0.1) is 0 Å². The van der Waals surface area contributed by atoms with Crippen molar-refractivity contribution in [2.45, 2.75) is 36.1 Å². The van der Waals surface area contributed by atoms with E-state index in [9.17, 15) is 39.2 Å². The second kappa shape index (κ2) is 11.1. The Balaban J connectivity index is 1.21. The van der Waals surface area contributed by atoms with Crippen LogP contribution in [0.3, 0.4) is 0 Å². The first-order valence-corrected chi connectivity index (χ1v) is 14.8. The monoisotopic (exact) mass is 654 g/mol. The molecular weight excluding hydrogens is 633 g/mol. The zero-order valence-electron chi connectivity index (χ0n) is 22.8. The van der Waals surface area contributed by atoms with Gasteiger partial charge in [-0.1, -0.05) is 0 Å². The van der Waals surface area contributed by atoms with Gasteiger partial charge >= 0.3 is 18.2 Å². The van der Waals surface area contributed by atoms with Crippen molar-refractivity contribution in [3.8, 4) is 22.6 Å². The smallest absolute Gasteiger partial charge is 0.416 e. The molecule has 0 aliphatic carbocycles. The zero-order chi connectivity index (χ0) is 32.1. The summed E-state index contributed by atoms with van der Waals surface area (Å²) in [7, 11) is -4.68. The van der Waals surface area contributed by atoms with E-state index < -0.39 is 44.2 Å². The number of fused-ring (bicyclic) bond motifs is 1. The van der Waals surface area contributed by atoms with Gasteiger partial charge in [-0.25, -0.2) is 22.8 Å². The molecule has 45 heavy (non-hydrogen) atoms. The van der Waals surface area contributed by atoms with Crippen LogP contribution in [0.5, 0.6) is 0 Å². The van der Waals surface area contributed by atoms with E-state index in [4.69, 9.17) is 4.42 Å². The lowest BCUT2D eigenvalue weighted by Crippen LogP contribution is -2.42. The molecule has 1 N–H and O–H groups in total. The lowest BCUT2D eigenvalue weighted by Gasteiger charge is -2.32. The van der Waals surface area contributed by atoms with Crippen molar-refractivity contribution in [3.63, 3.8) is 0 Å². The molecule has 0 bridgehead atoms. The normalized spacial score (nSPS) is 15.5. The van der Waals surface area contributed by atoms with Crippen molar-refractivity contribution < 1.29 is 43.6 Å². The Bertz CT molecular complexity index is 1930. The summed E-state index contributed by atoms with van der Waals surface area (Å²) in [5.74, 6) is 0.0376. The second-order valence-corrected chi connectivity index (χ2v) is 12.1. The molecule has 1 aliphatic heterocycles. The van der Waals surface area contributed by atoms with Crippen LogP contribution in [0.15, 0.2) is 76.5 Å². The number of aromatic nitrogens is 4. The molecule has 0 unspecified atom stereocenters. The lowest BCUT2D eigenvalue weighted by atomic mass is 10.1. The van der Waals surface area contributed by atoms with E-state index in [0.29, 0.717) is 22.6 Å². The fourth-order valence-electron chi connectivity index (χ4n) is 5.05. The van der Waals surface area contributed by atoms with E-state index in [1.54, 1.807) is 28.8 Å². The Morgan fingerprint density at radius 3 is 2.16 bits per heavy atom. The molecule has 1 fully saturated rings. The lowest BCUT2D eigenvalue weighted by molar-refractivity contribution is -0.143. The van der Waals surface area contributed by atoms with Crippen LogP contribution in [-0.4, -0.2) is 51.2 Å². The molecule has 0 atom stereocenters. The van der Waals surface area contributed by atoms with E-state index in [2.05, 4.69) is 20.3 Å². The highest BCUT2D eigenvalue weighted by atomic mass is 32.2. The molecule has 0 saturated carbocycles. The number of rotatable bonds is 6. The van der Waals surface area contributed by atoms with Crippen LogP contribution in [0.1, 0.15) is 24.0 Å². The molecular formula is C28H21F7N6O3S. The third-order valence-electron chi connectivity index (χ3n) is 7.26. The molecule has 9 nitrogen and oxygen atoms in total. The van der Waals surface area contributed by atoms with Crippen LogP contribution in [0, 0.1) is 5.82 Å². The van der Waals surface area contributed by atoms with E-state index in [1.165, 1.54) is 24.6 Å². The van der Waals surface area contributed by atoms with Gasteiger partial charge in [-0.3, -0.25) is 4.40 Å². The average Bonchev–Trinajstić information content (AvgIpc) is 3.59. The summed E-state index contributed by atoms with van der Waals surface area (Å²) in [5, 5.41) is 3.12. The van der Waals surface area contributed by atoms with Crippen molar-refractivity contribution in [1.29, 1.82) is 0 Å². The Morgan fingerprint density at radius 1 is 0.889 bits per heavy atom. The highest BCUT2D eigenvalue weighted by molar-refractivity contribution is 7.89. The molecule has 2 aromatic carbocycles. The van der Waals surface area contributed by atoms with Crippen molar-refractivity contribution >= 4 is 21.8 Å². The van der Waals surface area contributed by atoms with Crippen molar-refractivity contribution in [3.05, 3.63) is 84.1 Å². The zero-order valence-corrected chi connectivity index (χ0v) is 23.6. The highest BCUT2D eigenvalue weighted by Gasteiger charge is 2.39. The fourth-order valence-corrected chi connectivity index (χ4v) is 6.59. The number of imidazole rings is 1. The molecule has 17 heteroatoms. The average molecular weight is 655 g/mol. The summed E-state index contributed by atoms with van der Waals surface area (Å²) in [6.07, 6.45) is -5.48. The van der Waals surface area contributed by atoms with E-state index in [-0.39, 0.29) is 62.0 Å². The van der Waals surface area contributed by atoms with Crippen LogP contribution in [0.25, 0.3) is 28.5 Å². The number of hydrogen-bond acceptors (Lipinski definition) is 7. The highest BCUT2D eigenvalue weighted by Crippen LogP contribution is 2.38. The van der Waals surface area contributed by atoms with Gasteiger partial charge in [-0.05, 0) is 61.4 Å². The van der Waals surface area contributed by atoms with Gasteiger partial charge in [0.2, 0.25) is 16.0 Å². The summed E-state index contributed by atoms with van der Waals surface area (Å²) in [6.45, 7) is -0.353. The predicted molar refractivity (Wildman–Crippen MR) is 146 cm³/mol. The summed E-state index contributed by atoms with van der Waals surface area (Å²) < 4.78 is 128. The molecule has 1 saturated heterocycles. The van der Waals surface area contributed by atoms with Crippen LogP contribution < -0.4 is 5.32 Å². The minimum absolute atomic E-state index is 0.118. The van der Waals surface area contributed by atoms with Gasteiger partial charge in [-0.2, -0.15) is 35.6 Å². The number of piperidine rings is 1. The Labute approximate surface area is 250 Å². The standard InChI is InChI=1S/C28H21F7N6O3S/c29-19-3-1-16(2-4-19)23-24(41-11-12-44-26(41)39-23)22-5-8-36-25(38-22)37-20-6-9-40(10-7-20)45(42,43)21-14-17(27(30,31)32)13-18(15-21)28(33,34)35/h1-5,8,11-15,20H,6-7,9-10H2,(H,36,37,38). The fraction of sp³-hybridized carbons (Fsp3) is 0.250. The maximum absolute atomic E-state index is 13.5. The first kappa shape index (κ1) is 30.5. The third-order valence-corrected chi connectivity index (χ3v) is 9.14. The summed E-state index contributed by atoms with van der Waals surface area (Å²) in [5.41, 5.74) is -1.37. The quantitative estimate of drug-likeness (QED) is 0.209. The second-order valence-electron chi connectivity index (χ2n) is 10.2. The molecule has 5 aromatic rings. The van der Waals surface area contributed by atoms with E-state index >= 15 is 0 Å². The van der Waals surface area contributed by atoms with Gasteiger partial charge in [0.15, 0.2) is 0 Å². The molecule has 0 amide bonds. The molecule has 0 radical (unpaired) electrons. The topological polar surface area (TPSA) is 106 Å². The van der Waals surface area contributed by atoms with Crippen LogP contribution in [-0.2, 0) is 22.4 Å². The number of nitrogens with one attached hydrogen (secondary N) is 1. The molecule has 1 aliphatic rings. The summed E-state index contributed by atoms with van der Waals surface area (Å²) in [6, 6.07) is 7.28. The maximum Gasteiger partial charge on any atom is 0.416 e. The number of sulfonamides is 1. The first-order chi connectivity index (χ1) is 21.2. The van der Waals surface area contributed by atoms with E-state index in [0.717, 1.165) is 4.31 Å². The number of oxazole rings is 1. The van der Waals surface area contributed by atoms with Gasteiger partial charge in [0.1, 0.15) is 23.5 Å². The van der Waals surface area contributed by atoms with Crippen molar-refractivity contribution in [2.24, 2.45) is 0 Å². The SMILES string of the molecule is O=S(=O)(c1cc(C(F)(F)F)cc(C(F)(F)F)c1)N1CCC(Nc2nccc(-c3c(-c4ccc(F)cc4)nc4occn34)n2)CC1. The van der Waals surface area contributed by atoms with Crippen molar-refractivity contribution in [1.82, 2.24) is 23.7 Å². The van der Waals surface area contributed by atoms with E-state index in [1.807, 2.05) is 0 Å². The van der Waals surface area contributed by atoms with Crippen molar-refractivity contribution in [2.75, 3.05) is 18.4 Å². The van der Waals surface area contributed by atoms with Gasteiger partial charge in [0.05, 0.1) is 21.7 Å². The number of nitrogens with zero attached hydrogens (tertiary/aromatic N) is 5. The predicted octanol–water partition coefficient (Wildman–Crippen LogP) is 6.49. The number of benzene rings is 2. The molecule has 236 valence electrons. The minimum atomic E-state index is -5.18. The third kappa shape index (κ3) is 6.09. The summed E-state index contributed by atoms with van der Waals surface area (Å²) >= 11 is 0. The number of anilines is 1. The molecule has 3 aromatic heterocycles. The molecule has 6 rings (SSSR count). The Hall–Kier alpha value is -4.51. The first-order valence-electron chi connectivity index (χ1n) is 13.3. The largest absolute Gasteiger partial charge is 0.432 e. The molecule has 0 spiro atoms.